The molecule has 0 aromatic heterocycles. The standard InChI is InChI=1S/C69H116N12O18S2/c1-50-54(77-67(88)76-50)15-3-2-4-18-59(82)70-21-9-27-91-33-39-97-42-36-94-30-12-24-73-64(85)51-45-52(65(86)74-25-13-31-95-37-43-98-40-34-92-28-10-22-71-60(83)19-7-5-16-57-62-55(48-100-57)78-68(89)80-62)47-53(46-51)66(87)75-26-14-32-96-38-44-99-41-35-93-29-11-23-72-61(84)20-8-6-17-58-63-56(49-101-58)79-69(90)81-63/h45-47,50,54-58,62-63H,2-44,48-49H2,1H3,(H,70,82)(H,71,83)(H,72,84)(H,73,85)(H,74,86)(H,75,87)(H2,76,77,88)(H2,78,80,89)(H2,79,81,90). The number of rotatable bonds is 61. The lowest BCUT2D eigenvalue weighted by molar-refractivity contribution is -0.122. The van der Waals surface area contributed by atoms with Crippen LogP contribution in [0, 0.1) is 0 Å². The summed E-state index contributed by atoms with van der Waals surface area (Å²) in [6.45, 7) is 11.7. The van der Waals surface area contributed by atoms with Gasteiger partial charge in [-0.25, -0.2) is 14.4 Å². The van der Waals surface area contributed by atoms with E-state index < -0.39 is 17.7 Å². The molecule has 0 saturated carbocycles. The molecule has 8 unspecified atom stereocenters. The van der Waals surface area contributed by atoms with Crippen LogP contribution < -0.4 is 63.8 Å². The number of unbranched alkanes of at least 4 members (excludes halogenated alkanes) is 4. The number of carbonyl (C=O) groups excluding carboxylic acids is 9. The molecule has 12 N–H and O–H groups in total. The summed E-state index contributed by atoms with van der Waals surface area (Å²) in [7, 11) is 0. The molecule has 30 nitrogen and oxygen atoms in total. The molecule has 5 aliphatic heterocycles. The van der Waals surface area contributed by atoms with Gasteiger partial charge in [-0.15, -0.1) is 0 Å². The number of hydrogen-bond acceptors (Lipinski definition) is 20. The van der Waals surface area contributed by atoms with Gasteiger partial charge < -0.3 is 106 Å². The van der Waals surface area contributed by atoms with Gasteiger partial charge in [-0.05, 0) is 102 Å². The maximum atomic E-state index is 13.5. The Morgan fingerprint density at radius 3 is 0.950 bits per heavy atom. The summed E-state index contributed by atoms with van der Waals surface area (Å²) in [6, 6.07) is 5.17. The molecule has 8 atom stereocenters. The molecule has 5 heterocycles. The van der Waals surface area contributed by atoms with Crippen molar-refractivity contribution in [1.82, 2.24) is 63.8 Å². The third-order valence-electron chi connectivity index (χ3n) is 17.4. The largest absolute Gasteiger partial charge is 0.379 e. The molecule has 5 saturated heterocycles. The average Bonchev–Trinajstić information content (AvgIpc) is 1.46. The molecule has 572 valence electrons. The monoisotopic (exact) mass is 1460 g/mol. The van der Waals surface area contributed by atoms with Crippen LogP contribution in [0.5, 0.6) is 0 Å². The lowest BCUT2D eigenvalue weighted by atomic mass is 10.0. The molecule has 0 radical (unpaired) electrons. The van der Waals surface area contributed by atoms with Crippen LogP contribution in [0.15, 0.2) is 18.2 Å². The van der Waals surface area contributed by atoms with Crippen LogP contribution >= 0.6 is 23.5 Å². The van der Waals surface area contributed by atoms with E-state index in [0.717, 1.165) is 75.7 Å². The van der Waals surface area contributed by atoms with Crippen LogP contribution in [0.25, 0.3) is 0 Å². The van der Waals surface area contributed by atoms with Crippen molar-refractivity contribution >= 4 is 77.1 Å². The molecule has 0 bridgehead atoms. The van der Waals surface area contributed by atoms with Crippen LogP contribution in [0.2, 0.25) is 0 Å². The molecule has 1 aromatic rings. The second-order valence-corrected chi connectivity index (χ2v) is 28.1. The SMILES string of the molecule is CC1NC(=O)NC1CCCCCC(=O)NCCCOCCOCCOCCCNC(=O)c1cc(C(=O)NCCCOCCOCCOCCCNC(=O)CCCCC2SCC3NC(=O)NC32)cc(C(=O)NCCCOCCOCCOCCCNC(=O)CCCCC2SCC3NC(=O)NC32)c1. The summed E-state index contributed by atoms with van der Waals surface area (Å²) in [5.41, 5.74) is 0.442. The zero-order chi connectivity index (χ0) is 71.8. The lowest BCUT2D eigenvalue weighted by Gasteiger charge is -2.16. The normalized spacial score (nSPS) is 20.2. The van der Waals surface area contributed by atoms with Gasteiger partial charge in [-0.3, -0.25) is 28.8 Å². The first-order valence-electron chi connectivity index (χ1n) is 36.8. The fourth-order valence-corrected chi connectivity index (χ4v) is 15.0. The Kier molecular flexibility index (Phi) is 43.5. The molecule has 0 spiro atoms. The van der Waals surface area contributed by atoms with Crippen LogP contribution in [0.3, 0.4) is 0 Å². The Labute approximate surface area is 604 Å². The number of ether oxygens (including phenoxy) is 9. The van der Waals surface area contributed by atoms with Crippen LogP contribution in [-0.2, 0) is 57.0 Å². The molecule has 101 heavy (non-hydrogen) atoms. The summed E-state index contributed by atoms with van der Waals surface area (Å²) in [5, 5.41) is 35.9. The molecular weight excluding hydrogens is 1350 g/mol. The van der Waals surface area contributed by atoms with Crippen molar-refractivity contribution in [2.45, 2.75) is 176 Å². The molecule has 5 aliphatic rings. The fraction of sp³-hybridized carbons (Fsp3) is 0.783. The Balaban J connectivity index is 0.757. The maximum Gasteiger partial charge on any atom is 0.315 e. The van der Waals surface area contributed by atoms with Gasteiger partial charge in [-0.1, -0.05) is 25.7 Å². The smallest absolute Gasteiger partial charge is 0.315 e. The van der Waals surface area contributed by atoms with Crippen molar-refractivity contribution in [1.29, 1.82) is 0 Å². The van der Waals surface area contributed by atoms with E-state index in [0.29, 0.717) is 207 Å². The second-order valence-electron chi connectivity index (χ2n) is 25.6. The number of fused-ring (bicyclic) bond motifs is 2. The molecular formula is C69H116N12O18S2. The number of thioether (sulfide) groups is 2. The fourth-order valence-electron chi connectivity index (χ4n) is 11.9. The first-order chi connectivity index (χ1) is 49.3. The van der Waals surface area contributed by atoms with Gasteiger partial charge in [0.05, 0.1) is 109 Å². The van der Waals surface area contributed by atoms with Gasteiger partial charge in [0.15, 0.2) is 0 Å². The first-order valence-corrected chi connectivity index (χ1v) is 38.9. The number of hydrogen-bond donors (Lipinski definition) is 12. The number of amides is 12. The molecule has 12 amide bonds. The number of nitrogens with one attached hydrogen (secondary N) is 12. The third kappa shape index (κ3) is 36.5. The number of benzene rings is 1. The minimum Gasteiger partial charge on any atom is -0.379 e. The Morgan fingerprint density at radius 2 is 0.634 bits per heavy atom. The molecule has 6 rings (SSSR count). The molecule has 1 aromatic carbocycles. The van der Waals surface area contributed by atoms with Crippen molar-refractivity contribution in [2.75, 3.05) is 170 Å². The summed E-state index contributed by atoms with van der Waals surface area (Å²) in [6.07, 6.45) is 14.1. The minimum absolute atomic E-state index is 0.0287. The minimum atomic E-state index is -0.454. The number of urea groups is 3. The molecule has 32 heteroatoms. The topological polar surface area (TPSA) is 381 Å². The van der Waals surface area contributed by atoms with E-state index in [1.54, 1.807) is 0 Å². The van der Waals surface area contributed by atoms with E-state index in [1.807, 2.05) is 30.4 Å². The summed E-state index contributed by atoms with van der Waals surface area (Å²) >= 11 is 3.77. The second kappa shape index (κ2) is 52.2. The Morgan fingerprint density at radius 1 is 0.347 bits per heavy atom. The third-order valence-corrected chi connectivity index (χ3v) is 20.4. The van der Waals surface area contributed by atoms with E-state index in [-0.39, 0.29) is 108 Å². The lowest BCUT2D eigenvalue weighted by Crippen LogP contribution is -2.36. The van der Waals surface area contributed by atoms with Crippen molar-refractivity contribution in [3.05, 3.63) is 34.9 Å². The highest BCUT2D eigenvalue weighted by atomic mass is 32.2. The highest BCUT2D eigenvalue weighted by Gasteiger charge is 2.43. The summed E-state index contributed by atoms with van der Waals surface area (Å²) in [4.78, 5) is 112. The molecule has 5 fully saturated rings. The van der Waals surface area contributed by atoms with Crippen molar-refractivity contribution in [2.24, 2.45) is 0 Å². The van der Waals surface area contributed by atoms with Gasteiger partial charge in [-0.2, -0.15) is 23.5 Å². The molecule has 0 aliphatic carbocycles. The van der Waals surface area contributed by atoms with E-state index >= 15 is 0 Å². The van der Waals surface area contributed by atoms with E-state index in [4.69, 9.17) is 42.6 Å². The quantitative estimate of drug-likeness (QED) is 0.0329. The van der Waals surface area contributed by atoms with Gasteiger partial charge in [0, 0.05) is 143 Å². The van der Waals surface area contributed by atoms with Gasteiger partial charge in [0.2, 0.25) is 17.7 Å². The predicted molar refractivity (Wildman–Crippen MR) is 383 cm³/mol. The van der Waals surface area contributed by atoms with Crippen LogP contribution in [0.4, 0.5) is 14.4 Å². The van der Waals surface area contributed by atoms with Gasteiger partial charge >= 0.3 is 18.1 Å². The zero-order valence-corrected chi connectivity index (χ0v) is 61.0. The summed E-state index contributed by atoms with van der Waals surface area (Å²) in [5.74, 6) is 0.604. The predicted octanol–water partition coefficient (Wildman–Crippen LogP) is 3.19. The van der Waals surface area contributed by atoms with Gasteiger partial charge in [0.25, 0.3) is 17.7 Å². The van der Waals surface area contributed by atoms with E-state index in [2.05, 4.69) is 63.8 Å². The Hall–Kier alpha value is -5.81. The average molecular weight is 1470 g/mol. The summed E-state index contributed by atoms with van der Waals surface area (Å²) < 4.78 is 50.8. The van der Waals surface area contributed by atoms with Crippen molar-refractivity contribution in [3.8, 4) is 0 Å². The Bertz CT molecular complexity index is 2490. The van der Waals surface area contributed by atoms with E-state index in [1.165, 1.54) is 18.2 Å². The highest BCUT2D eigenvalue weighted by molar-refractivity contribution is 8.00. The number of carbonyl (C=O) groups is 9. The van der Waals surface area contributed by atoms with Gasteiger partial charge in [0.1, 0.15) is 0 Å². The maximum absolute atomic E-state index is 13.5. The van der Waals surface area contributed by atoms with Crippen LogP contribution in [-0.4, -0.2) is 270 Å². The van der Waals surface area contributed by atoms with Crippen molar-refractivity contribution < 1.29 is 85.8 Å². The zero-order valence-electron chi connectivity index (χ0n) is 59.3. The van der Waals surface area contributed by atoms with E-state index in [9.17, 15) is 43.2 Å². The van der Waals surface area contributed by atoms with Crippen molar-refractivity contribution in [3.63, 3.8) is 0 Å². The van der Waals surface area contributed by atoms with Crippen LogP contribution in [0.1, 0.15) is 160 Å². The first kappa shape index (κ1) is 84.1. The highest BCUT2D eigenvalue weighted by Crippen LogP contribution is 2.34.